The maximum Gasteiger partial charge on any atom is 0.189 e. The van der Waals surface area contributed by atoms with E-state index in [9.17, 15) is 0 Å². The Balaban J connectivity index is 2.44. The van der Waals surface area contributed by atoms with Crippen molar-refractivity contribution in [2.45, 2.75) is 0 Å². The monoisotopic (exact) mass is 160 g/mol. The lowest BCUT2D eigenvalue weighted by atomic mass is 10.2. The van der Waals surface area contributed by atoms with Gasteiger partial charge in [0.05, 0.1) is 12.3 Å². The van der Waals surface area contributed by atoms with Gasteiger partial charge in [-0.25, -0.2) is 4.85 Å². The fourth-order valence-electron chi connectivity index (χ4n) is 1.20. The minimum Gasteiger partial charge on any atom is -0.490 e. The summed E-state index contributed by atoms with van der Waals surface area (Å²) < 4.78 is 5.36. The molecule has 0 bridgehead atoms. The molecule has 1 aliphatic rings. The Hall–Kier alpha value is -1.69. The van der Waals surface area contributed by atoms with Crippen molar-refractivity contribution in [2.24, 2.45) is 0 Å². The third kappa shape index (κ3) is 1.08. The molecule has 1 aromatic rings. The highest BCUT2D eigenvalue weighted by Crippen LogP contribution is 2.30. The molecule has 60 valence electrons. The van der Waals surface area contributed by atoms with Crippen LogP contribution < -0.4 is 10.1 Å². The summed E-state index contributed by atoms with van der Waals surface area (Å²) in [7, 11) is 0. The molecule has 3 heteroatoms. The fourth-order valence-corrected chi connectivity index (χ4v) is 1.20. The zero-order valence-electron chi connectivity index (χ0n) is 6.50. The second kappa shape index (κ2) is 2.74. The molecule has 0 saturated heterocycles. The molecule has 0 fully saturated rings. The average molecular weight is 160 g/mol. The van der Waals surface area contributed by atoms with Crippen LogP contribution in [0.5, 0.6) is 5.75 Å². The molecule has 1 aliphatic heterocycles. The van der Waals surface area contributed by atoms with Crippen molar-refractivity contribution in [2.75, 3.05) is 18.5 Å². The molecule has 12 heavy (non-hydrogen) atoms. The predicted octanol–water partition coefficient (Wildman–Crippen LogP) is 2.04. The lowest BCUT2D eigenvalue weighted by Crippen LogP contribution is -2.17. The number of anilines is 1. The molecule has 1 aromatic carbocycles. The molecular weight excluding hydrogens is 152 g/mol. The van der Waals surface area contributed by atoms with Gasteiger partial charge < -0.3 is 10.1 Å². The Morgan fingerprint density at radius 3 is 3.25 bits per heavy atom. The fraction of sp³-hybridized carbons (Fsp3) is 0.222. The number of hydrogen-bond acceptors (Lipinski definition) is 2. The van der Waals surface area contributed by atoms with E-state index >= 15 is 0 Å². The zero-order valence-corrected chi connectivity index (χ0v) is 6.50. The number of nitrogens with one attached hydrogen (secondary N) is 1. The van der Waals surface area contributed by atoms with Crippen molar-refractivity contribution in [1.29, 1.82) is 0 Å². The third-order valence-corrected chi connectivity index (χ3v) is 1.77. The number of benzene rings is 1. The molecule has 3 nitrogen and oxygen atoms in total. The van der Waals surface area contributed by atoms with E-state index < -0.39 is 0 Å². The quantitative estimate of drug-likeness (QED) is 0.587. The Morgan fingerprint density at radius 2 is 2.42 bits per heavy atom. The number of nitrogens with zero attached hydrogens (tertiary/aromatic N) is 1. The SMILES string of the molecule is [C-]#[N+]c1ccc2c(c1)NCCO2. The lowest BCUT2D eigenvalue weighted by molar-refractivity contribution is 0.323. The third-order valence-electron chi connectivity index (χ3n) is 1.77. The van der Waals surface area contributed by atoms with Gasteiger partial charge in [-0.15, -0.1) is 0 Å². The van der Waals surface area contributed by atoms with Gasteiger partial charge in [0.15, 0.2) is 5.69 Å². The van der Waals surface area contributed by atoms with Crippen LogP contribution in [0.4, 0.5) is 11.4 Å². The van der Waals surface area contributed by atoms with E-state index in [1.165, 1.54) is 0 Å². The summed E-state index contributed by atoms with van der Waals surface area (Å²) in [6.45, 7) is 8.33. The van der Waals surface area contributed by atoms with Crippen molar-refractivity contribution < 1.29 is 4.74 Å². The van der Waals surface area contributed by atoms with Crippen LogP contribution in [0, 0.1) is 6.57 Å². The number of hydrogen-bond donors (Lipinski definition) is 1. The first-order chi connectivity index (χ1) is 5.90. The summed E-state index contributed by atoms with van der Waals surface area (Å²) in [5.74, 6) is 0.841. The summed E-state index contributed by atoms with van der Waals surface area (Å²) >= 11 is 0. The molecular formula is C9H8N2O. The van der Waals surface area contributed by atoms with Gasteiger partial charge in [0.2, 0.25) is 0 Å². The molecule has 1 N–H and O–H groups in total. The highest BCUT2D eigenvalue weighted by molar-refractivity contribution is 5.66. The largest absolute Gasteiger partial charge is 0.490 e. The first-order valence-electron chi connectivity index (χ1n) is 3.78. The van der Waals surface area contributed by atoms with E-state index in [0.29, 0.717) is 12.3 Å². The molecule has 1 heterocycles. The van der Waals surface area contributed by atoms with Crippen LogP contribution in [-0.2, 0) is 0 Å². The summed E-state index contributed by atoms with van der Waals surface area (Å²) in [6.07, 6.45) is 0. The molecule has 0 atom stereocenters. The van der Waals surface area contributed by atoms with Crippen LogP contribution in [0.1, 0.15) is 0 Å². The van der Waals surface area contributed by atoms with Gasteiger partial charge in [0, 0.05) is 6.54 Å². The Morgan fingerprint density at radius 1 is 1.50 bits per heavy atom. The van der Waals surface area contributed by atoms with Crippen molar-refractivity contribution in [3.05, 3.63) is 29.6 Å². The Bertz CT molecular complexity index is 341. The Kier molecular flexibility index (Phi) is 1.60. The maximum atomic E-state index is 6.82. The van der Waals surface area contributed by atoms with E-state index in [1.54, 1.807) is 6.07 Å². The standard InChI is InChI=1S/C9H8N2O/c1-10-7-2-3-9-8(6-7)11-4-5-12-9/h2-3,6,11H,4-5H2. The first-order valence-corrected chi connectivity index (χ1v) is 3.78. The normalized spacial score (nSPS) is 13.6. The summed E-state index contributed by atoms with van der Waals surface area (Å²) in [6, 6.07) is 5.40. The van der Waals surface area contributed by atoms with Gasteiger partial charge >= 0.3 is 0 Å². The van der Waals surface area contributed by atoms with E-state index in [2.05, 4.69) is 10.2 Å². The molecule has 0 unspecified atom stereocenters. The van der Waals surface area contributed by atoms with Gasteiger partial charge in [-0.1, -0.05) is 6.07 Å². The van der Waals surface area contributed by atoms with Gasteiger partial charge in [-0.2, -0.15) is 0 Å². The highest BCUT2D eigenvalue weighted by Gasteiger charge is 2.08. The minimum absolute atomic E-state index is 0.645. The van der Waals surface area contributed by atoms with Gasteiger partial charge in [0.25, 0.3) is 0 Å². The van der Waals surface area contributed by atoms with Crippen molar-refractivity contribution >= 4 is 11.4 Å². The topological polar surface area (TPSA) is 25.6 Å². The smallest absolute Gasteiger partial charge is 0.189 e. The molecule has 0 amide bonds. The summed E-state index contributed by atoms with van der Waals surface area (Å²) in [4.78, 5) is 3.33. The van der Waals surface area contributed by atoms with Crippen LogP contribution in [0.2, 0.25) is 0 Å². The van der Waals surface area contributed by atoms with Crippen LogP contribution in [0.25, 0.3) is 4.85 Å². The minimum atomic E-state index is 0.645. The molecule has 0 aromatic heterocycles. The molecule has 0 saturated carbocycles. The van der Waals surface area contributed by atoms with Crippen LogP contribution >= 0.6 is 0 Å². The molecule has 2 rings (SSSR count). The predicted molar refractivity (Wildman–Crippen MR) is 46.7 cm³/mol. The van der Waals surface area contributed by atoms with E-state index in [4.69, 9.17) is 11.3 Å². The maximum absolute atomic E-state index is 6.82. The summed E-state index contributed by atoms with van der Waals surface area (Å²) in [5, 5.41) is 3.17. The Labute approximate surface area is 70.8 Å². The molecule has 0 aliphatic carbocycles. The molecule has 0 spiro atoms. The van der Waals surface area contributed by atoms with Gasteiger partial charge in [-0.05, 0) is 12.1 Å². The van der Waals surface area contributed by atoms with E-state index in [0.717, 1.165) is 18.0 Å². The second-order valence-electron chi connectivity index (χ2n) is 2.57. The van der Waals surface area contributed by atoms with Crippen LogP contribution in [0.15, 0.2) is 18.2 Å². The van der Waals surface area contributed by atoms with Crippen LogP contribution in [-0.4, -0.2) is 13.2 Å². The van der Waals surface area contributed by atoms with Crippen LogP contribution in [0.3, 0.4) is 0 Å². The summed E-state index contributed by atoms with van der Waals surface area (Å²) in [5.41, 5.74) is 1.57. The van der Waals surface area contributed by atoms with E-state index in [-0.39, 0.29) is 0 Å². The van der Waals surface area contributed by atoms with Gasteiger partial charge in [0.1, 0.15) is 12.4 Å². The van der Waals surface area contributed by atoms with E-state index in [1.807, 2.05) is 12.1 Å². The highest BCUT2D eigenvalue weighted by atomic mass is 16.5. The number of rotatable bonds is 0. The average Bonchev–Trinajstić information content (AvgIpc) is 2.17. The molecule has 0 radical (unpaired) electrons. The lowest BCUT2D eigenvalue weighted by Gasteiger charge is -2.18. The van der Waals surface area contributed by atoms with Crippen molar-refractivity contribution in [3.63, 3.8) is 0 Å². The first kappa shape index (κ1) is 6.99. The zero-order chi connectivity index (χ0) is 8.39. The number of ether oxygens (including phenoxy) is 1. The van der Waals surface area contributed by atoms with Gasteiger partial charge in [-0.3, -0.25) is 0 Å². The number of fused-ring (bicyclic) bond motifs is 1. The second-order valence-corrected chi connectivity index (χ2v) is 2.57. The van der Waals surface area contributed by atoms with Crippen molar-refractivity contribution in [3.8, 4) is 5.75 Å². The van der Waals surface area contributed by atoms with Crippen molar-refractivity contribution in [1.82, 2.24) is 0 Å².